The summed E-state index contributed by atoms with van der Waals surface area (Å²) in [6, 6.07) is 12.1. The number of rotatable bonds is 1. The summed E-state index contributed by atoms with van der Waals surface area (Å²) in [5, 5.41) is 12.2. The summed E-state index contributed by atoms with van der Waals surface area (Å²) >= 11 is 1.46. The van der Waals surface area contributed by atoms with Gasteiger partial charge in [-0.2, -0.15) is 0 Å². The van der Waals surface area contributed by atoms with Crippen molar-refractivity contribution >= 4 is 34.6 Å². The van der Waals surface area contributed by atoms with Crippen molar-refractivity contribution < 1.29 is 5.11 Å². The minimum Gasteiger partial charge on any atom is -0.389 e. The Labute approximate surface area is 116 Å². The highest BCUT2D eigenvalue weighted by atomic mass is 35.5. The summed E-state index contributed by atoms with van der Waals surface area (Å²) in [4.78, 5) is 7.98. The maximum absolute atomic E-state index is 8.37. The van der Waals surface area contributed by atoms with Crippen molar-refractivity contribution in [3.05, 3.63) is 59.2 Å². The largest absolute Gasteiger partial charge is 0.389 e. The molecular weight excluding hydrogens is 268 g/mol. The highest BCUT2D eigenvalue weighted by molar-refractivity contribution is 7.09. The fraction of sp³-hybridized carbons (Fsp3) is 0.0769. The zero-order chi connectivity index (χ0) is 11.9. The van der Waals surface area contributed by atoms with Crippen molar-refractivity contribution in [1.29, 1.82) is 0 Å². The molecule has 0 fully saturated rings. The first-order chi connectivity index (χ1) is 8.40. The first kappa shape index (κ1) is 14.6. The van der Waals surface area contributed by atoms with Gasteiger partial charge in [0.1, 0.15) is 5.01 Å². The van der Waals surface area contributed by atoms with E-state index in [2.05, 4.69) is 22.1 Å². The van der Waals surface area contributed by atoms with Crippen molar-refractivity contribution in [2.45, 2.75) is 6.61 Å². The number of thiazole rings is 1. The van der Waals surface area contributed by atoms with Crippen LogP contribution in [0.3, 0.4) is 0 Å². The van der Waals surface area contributed by atoms with E-state index >= 15 is 0 Å². The van der Waals surface area contributed by atoms with Gasteiger partial charge >= 0.3 is 0 Å². The summed E-state index contributed by atoms with van der Waals surface area (Å²) in [5.74, 6) is 0. The molecule has 0 saturated heterocycles. The molecule has 0 aliphatic heterocycles. The fourth-order valence-electron chi connectivity index (χ4n) is 1.35. The lowest BCUT2D eigenvalue weighted by Crippen LogP contribution is -1.75. The van der Waals surface area contributed by atoms with Crippen LogP contribution in [0.25, 0.3) is 10.9 Å². The monoisotopic (exact) mass is 280 g/mol. The minimum absolute atomic E-state index is 0. The summed E-state index contributed by atoms with van der Waals surface area (Å²) in [6.07, 6.45) is 3.48. The van der Waals surface area contributed by atoms with E-state index in [0.717, 1.165) is 10.5 Å². The van der Waals surface area contributed by atoms with Gasteiger partial charge in [0.05, 0.1) is 12.1 Å². The molecule has 18 heavy (non-hydrogen) atoms. The summed E-state index contributed by atoms with van der Waals surface area (Å²) in [5.41, 5.74) is 1.06. The molecule has 0 spiro atoms. The minimum atomic E-state index is 0. The first-order valence-electron chi connectivity index (χ1n) is 5.19. The number of aliphatic hydroxyl groups is 1. The van der Waals surface area contributed by atoms with E-state index in [1.807, 2.05) is 35.8 Å². The Morgan fingerprint density at radius 3 is 2.39 bits per heavy atom. The number of nitrogens with zero attached hydrogens (tertiary/aromatic N) is 2. The van der Waals surface area contributed by atoms with Gasteiger partial charge in [0.2, 0.25) is 0 Å². The highest BCUT2D eigenvalue weighted by Gasteiger charge is 1.87. The molecule has 3 aromatic rings. The number of aromatic nitrogens is 2. The average Bonchev–Trinajstić information content (AvgIpc) is 2.93. The number of hydrogen-bond donors (Lipinski definition) is 1. The molecule has 0 amide bonds. The van der Waals surface area contributed by atoms with Crippen LogP contribution in [0.15, 0.2) is 54.2 Å². The van der Waals surface area contributed by atoms with Gasteiger partial charge in [0, 0.05) is 23.2 Å². The molecule has 0 bridgehead atoms. The number of pyridine rings is 1. The predicted molar refractivity (Wildman–Crippen MR) is 77.0 cm³/mol. The van der Waals surface area contributed by atoms with Gasteiger partial charge in [-0.1, -0.05) is 24.3 Å². The van der Waals surface area contributed by atoms with Crippen molar-refractivity contribution in [3.63, 3.8) is 0 Å². The number of aliphatic hydroxyl groups excluding tert-OH is 1. The Balaban J connectivity index is 0.000000181. The van der Waals surface area contributed by atoms with Gasteiger partial charge in [-0.05, 0) is 12.1 Å². The Kier molecular flexibility index (Phi) is 6.28. The third-order valence-corrected chi connectivity index (χ3v) is 2.90. The van der Waals surface area contributed by atoms with E-state index in [1.54, 1.807) is 6.20 Å². The van der Waals surface area contributed by atoms with Crippen molar-refractivity contribution in [2.75, 3.05) is 0 Å². The quantitative estimate of drug-likeness (QED) is 0.744. The second-order valence-electron chi connectivity index (χ2n) is 3.28. The molecule has 0 radical (unpaired) electrons. The fourth-order valence-corrected chi connectivity index (χ4v) is 1.82. The van der Waals surface area contributed by atoms with Crippen molar-refractivity contribution in [1.82, 2.24) is 9.97 Å². The SMILES string of the molecule is Cl.OCc1nccs1.c1ccc2ncccc2c1. The summed E-state index contributed by atoms with van der Waals surface area (Å²) in [7, 11) is 0. The second kappa shape index (κ2) is 7.76. The van der Waals surface area contributed by atoms with Crippen LogP contribution in [-0.4, -0.2) is 15.1 Å². The molecule has 5 heteroatoms. The zero-order valence-electron chi connectivity index (χ0n) is 9.56. The molecular formula is C13H13ClN2OS. The number of halogens is 1. The topological polar surface area (TPSA) is 46.0 Å². The van der Waals surface area contributed by atoms with Gasteiger partial charge in [-0.3, -0.25) is 4.98 Å². The number of benzene rings is 1. The Hall–Kier alpha value is -1.49. The van der Waals surface area contributed by atoms with E-state index in [9.17, 15) is 0 Å². The molecule has 1 N–H and O–H groups in total. The van der Waals surface area contributed by atoms with E-state index in [-0.39, 0.29) is 19.0 Å². The lowest BCUT2D eigenvalue weighted by molar-refractivity contribution is 0.281. The van der Waals surface area contributed by atoms with Gasteiger partial charge in [0.15, 0.2) is 0 Å². The molecule has 3 rings (SSSR count). The molecule has 2 heterocycles. The Morgan fingerprint density at radius 2 is 1.78 bits per heavy atom. The molecule has 94 valence electrons. The maximum atomic E-state index is 8.37. The average molecular weight is 281 g/mol. The highest BCUT2D eigenvalue weighted by Crippen LogP contribution is 2.07. The number of fused-ring (bicyclic) bond motifs is 1. The first-order valence-corrected chi connectivity index (χ1v) is 6.07. The molecule has 0 aliphatic rings. The molecule has 2 aromatic heterocycles. The standard InChI is InChI=1S/C9H7N.C4H5NOS.ClH/c1-2-6-9-8(4-1)5-3-7-10-9;6-3-4-5-1-2-7-4;/h1-7H;1-2,6H,3H2;1H. The van der Waals surface area contributed by atoms with E-state index in [1.165, 1.54) is 16.7 Å². The van der Waals surface area contributed by atoms with Gasteiger partial charge in [-0.15, -0.1) is 23.7 Å². The van der Waals surface area contributed by atoms with E-state index in [0.29, 0.717) is 0 Å². The summed E-state index contributed by atoms with van der Waals surface area (Å²) in [6.45, 7) is 0.0671. The van der Waals surface area contributed by atoms with Crippen LogP contribution in [-0.2, 0) is 6.61 Å². The lowest BCUT2D eigenvalue weighted by atomic mass is 10.2. The Morgan fingerprint density at radius 1 is 1.00 bits per heavy atom. The van der Waals surface area contributed by atoms with Crippen molar-refractivity contribution in [2.24, 2.45) is 0 Å². The molecule has 1 aromatic carbocycles. The molecule has 3 nitrogen and oxygen atoms in total. The maximum Gasteiger partial charge on any atom is 0.118 e. The molecule has 0 unspecified atom stereocenters. The molecule has 0 saturated carbocycles. The van der Waals surface area contributed by atoms with E-state index < -0.39 is 0 Å². The predicted octanol–water partition coefficient (Wildman–Crippen LogP) is 3.29. The van der Waals surface area contributed by atoms with Gasteiger partial charge in [-0.25, -0.2) is 4.98 Å². The number of hydrogen-bond acceptors (Lipinski definition) is 4. The van der Waals surface area contributed by atoms with Crippen molar-refractivity contribution in [3.8, 4) is 0 Å². The number of para-hydroxylation sites is 1. The third-order valence-electron chi connectivity index (χ3n) is 2.13. The molecule has 0 aliphatic carbocycles. The van der Waals surface area contributed by atoms with Crippen LogP contribution < -0.4 is 0 Å². The third kappa shape index (κ3) is 4.07. The van der Waals surface area contributed by atoms with Crippen LogP contribution >= 0.6 is 23.7 Å². The molecule has 0 atom stereocenters. The Bertz CT molecular complexity index is 506. The van der Waals surface area contributed by atoms with Crippen LogP contribution in [0.5, 0.6) is 0 Å². The van der Waals surface area contributed by atoms with Crippen LogP contribution in [0.2, 0.25) is 0 Å². The summed E-state index contributed by atoms with van der Waals surface area (Å²) < 4.78 is 0. The van der Waals surface area contributed by atoms with Gasteiger partial charge < -0.3 is 5.11 Å². The smallest absolute Gasteiger partial charge is 0.118 e. The van der Waals surface area contributed by atoms with E-state index in [4.69, 9.17) is 5.11 Å². The van der Waals surface area contributed by atoms with Gasteiger partial charge in [0.25, 0.3) is 0 Å². The van der Waals surface area contributed by atoms with Crippen LogP contribution in [0.1, 0.15) is 5.01 Å². The zero-order valence-corrected chi connectivity index (χ0v) is 11.2. The normalized spacial score (nSPS) is 9.17. The second-order valence-corrected chi connectivity index (χ2v) is 4.26. The van der Waals surface area contributed by atoms with Crippen LogP contribution in [0, 0.1) is 0 Å². The lowest BCUT2D eigenvalue weighted by Gasteiger charge is -1.91. The van der Waals surface area contributed by atoms with Crippen LogP contribution in [0.4, 0.5) is 0 Å².